The summed E-state index contributed by atoms with van der Waals surface area (Å²) in [4.78, 5) is 18.1. The second kappa shape index (κ2) is 9.75. The lowest BCUT2D eigenvalue weighted by Gasteiger charge is -2.47. The molecular weight excluding hydrogens is 416 g/mol. The number of nitrogens with two attached hydrogens (primary N) is 2. The molecule has 7 heteroatoms. The van der Waals surface area contributed by atoms with Crippen LogP contribution in [0, 0.1) is 5.41 Å². The monoisotopic (exact) mass is 452 g/mol. The van der Waals surface area contributed by atoms with Gasteiger partial charge in [-0.15, -0.1) is 0 Å². The predicted octanol–water partition coefficient (Wildman–Crippen LogP) is 4.16. The number of rotatable bonds is 7. The highest BCUT2D eigenvalue weighted by molar-refractivity contribution is 5.87. The standard InChI is InChI=1S/C26H36N4O3/c1-6-9-20(16(4)31)21(27)11-17-12-22(29-25(17)28)18-10-19-14-33-15-23(26(5,8-3)13-18)30(19)24(32)7-2/h6-7,9,11-12,18-19,23,29,31H,1-2,4,8,10,13-15,27-28H2,3,5H3/b20-9+,21-11-. The van der Waals surface area contributed by atoms with Crippen molar-refractivity contribution in [1.82, 2.24) is 9.88 Å². The lowest BCUT2D eigenvalue weighted by molar-refractivity contribution is -0.147. The lowest BCUT2D eigenvalue weighted by atomic mass is 9.73. The molecule has 2 aliphatic rings. The van der Waals surface area contributed by atoms with Crippen LogP contribution in [0.5, 0.6) is 0 Å². The molecule has 3 heterocycles. The van der Waals surface area contributed by atoms with Crippen LogP contribution in [0.4, 0.5) is 5.82 Å². The predicted molar refractivity (Wildman–Crippen MR) is 133 cm³/mol. The highest BCUT2D eigenvalue weighted by Crippen LogP contribution is 2.47. The summed E-state index contributed by atoms with van der Waals surface area (Å²) in [5.41, 5.74) is 14.9. The maximum absolute atomic E-state index is 12.8. The molecule has 4 unspecified atom stereocenters. The van der Waals surface area contributed by atoms with Crippen LogP contribution in [0.1, 0.15) is 50.3 Å². The summed E-state index contributed by atoms with van der Waals surface area (Å²) in [6, 6.07) is 1.98. The van der Waals surface area contributed by atoms with Crippen molar-refractivity contribution in [2.75, 3.05) is 18.9 Å². The molecule has 0 spiro atoms. The van der Waals surface area contributed by atoms with Crippen LogP contribution in [-0.2, 0) is 9.53 Å². The molecule has 0 radical (unpaired) electrons. The van der Waals surface area contributed by atoms with E-state index < -0.39 is 0 Å². The Bertz CT molecular complexity index is 1010. The lowest BCUT2D eigenvalue weighted by Crippen LogP contribution is -2.58. The van der Waals surface area contributed by atoms with E-state index >= 15 is 0 Å². The maximum Gasteiger partial charge on any atom is 0.246 e. The van der Waals surface area contributed by atoms with Gasteiger partial charge in [-0.05, 0) is 49.0 Å². The Balaban J connectivity index is 1.99. The van der Waals surface area contributed by atoms with Gasteiger partial charge in [0.2, 0.25) is 5.91 Å². The minimum Gasteiger partial charge on any atom is -0.508 e. The molecule has 0 aliphatic carbocycles. The maximum atomic E-state index is 12.8. The summed E-state index contributed by atoms with van der Waals surface area (Å²) in [6.07, 6.45) is 8.83. The minimum atomic E-state index is -0.139. The van der Waals surface area contributed by atoms with Gasteiger partial charge in [0.15, 0.2) is 0 Å². The van der Waals surface area contributed by atoms with Crippen molar-refractivity contribution in [2.45, 2.75) is 51.1 Å². The second-order valence-electron chi connectivity index (χ2n) is 9.26. The Morgan fingerprint density at radius 1 is 1.42 bits per heavy atom. The molecule has 2 fully saturated rings. The highest BCUT2D eigenvalue weighted by Gasteiger charge is 2.48. The second-order valence-corrected chi connectivity index (χ2v) is 9.26. The number of anilines is 1. The van der Waals surface area contributed by atoms with Gasteiger partial charge in [0.25, 0.3) is 0 Å². The van der Waals surface area contributed by atoms with Gasteiger partial charge in [-0.1, -0.05) is 39.7 Å². The number of ether oxygens (including phenoxy) is 1. The van der Waals surface area contributed by atoms with Crippen LogP contribution in [0.15, 0.2) is 61.1 Å². The summed E-state index contributed by atoms with van der Waals surface area (Å²) < 4.78 is 5.94. The van der Waals surface area contributed by atoms with Crippen molar-refractivity contribution < 1.29 is 14.6 Å². The number of carbonyl (C=O) groups is 1. The van der Waals surface area contributed by atoms with Gasteiger partial charge in [-0.3, -0.25) is 4.79 Å². The molecule has 178 valence electrons. The van der Waals surface area contributed by atoms with E-state index in [1.165, 1.54) is 12.2 Å². The zero-order valence-corrected chi connectivity index (χ0v) is 19.6. The van der Waals surface area contributed by atoms with Gasteiger partial charge in [0.1, 0.15) is 11.6 Å². The number of amides is 1. The van der Waals surface area contributed by atoms with E-state index in [4.69, 9.17) is 16.2 Å². The average molecular weight is 453 g/mol. The van der Waals surface area contributed by atoms with E-state index in [1.807, 2.05) is 11.0 Å². The quantitative estimate of drug-likeness (QED) is 0.282. The van der Waals surface area contributed by atoms with E-state index in [1.54, 1.807) is 12.2 Å². The number of morpholine rings is 1. The molecule has 2 aliphatic heterocycles. The largest absolute Gasteiger partial charge is 0.508 e. The first-order chi connectivity index (χ1) is 15.6. The number of hydrogen-bond donors (Lipinski definition) is 4. The fraction of sp³-hybridized carbons (Fsp3) is 0.423. The third-order valence-corrected chi connectivity index (χ3v) is 7.18. The van der Waals surface area contributed by atoms with Crippen LogP contribution in [-0.4, -0.2) is 46.2 Å². The van der Waals surface area contributed by atoms with Crippen molar-refractivity contribution in [1.29, 1.82) is 0 Å². The molecule has 1 aromatic rings. The number of aromatic nitrogens is 1. The van der Waals surface area contributed by atoms with E-state index in [2.05, 4.69) is 38.6 Å². The number of nitrogen functional groups attached to an aromatic ring is 1. The van der Waals surface area contributed by atoms with Crippen LogP contribution in [0.2, 0.25) is 0 Å². The first-order valence-electron chi connectivity index (χ1n) is 11.3. The van der Waals surface area contributed by atoms with Gasteiger partial charge in [0.05, 0.1) is 25.3 Å². The number of aromatic amines is 1. The normalized spacial score (nSPS) is 28.2. The molecule has 2 bridgehead atoms. The third-order valence-electron chi connectivity index (χ3n) is 7.18. The third kappa shape index (κ3) is 4.78. The number of allylic oxidation sites excluding steroid dienone is 2. The number of aliphatic hydroxyl groups is 1. The minimum absolute atomic E-state index is 0.00114. The molecule has 33 heavy (non-hydrogen) atoms. The number of nitrogens with one attached hydrogen (secondary N) is 1. The van der Waals surface area contributed by atoms with E-state index in [-0.39, 0.29) is 35.1 Å². The topological polar surface area (TPSA) is 118 Å². The first-order valence-corrected chi connectivity index (χ1v) is 11.3. The Labute approximate surface area is 196 Å². The summed E-state index contributed by atoms with van der Waals surface area (Å²) in [5, 5.41) is 9.84. The van der Waals surface area contributed by atoms with Gasteiger partial charge in [-0.25, -0.2) is 0 Å². The van der Waals surface area contributed by atoms with Crippen molar-refractivity contribution in [2.24, 2.45) is 11.1 Å². The van der Waals surface area contributed by atoms with E-state index in [0.29, 0.717) is 30.3 Å². The van der Waals surface area contributed by atoms with Crippen LogP contribution in [0.3, 0.4) is 0 Å². The zero-order chi connectivity index (χ0) is 24.3. The average Bonchev–Trinajstić information content (AvgIpc) is 3.12. The Hall–Kier alpha value is -3.19. The summed E-state index contributed by atoms with van der Waals surface area (Å²) >= 11 is 0. The zero-order valence-electron chi connectivity index (χ0n) is 19.6. The fourth-order valence-corrected chi connectivity index (χ4v) is 5.19. The molecule has 0 saturated carbocycles. The van der Waals surface area contributed by atoms with Gasteiger partial charge >= 0.3 is 0 Å². The Kier molecular flexibility index (Phi) is 7.22. The first kappa shape index (κ1) is 24.5. The van der Waals surface area contributed by atoms with Gasteiger partial charge < -0.3 is 31.2 Å². The van der Waals surface area contributed by atoms with Crippen LogP contribution in [0.25, 0.3) is 6.08 Å². The molecule has 6 N–H and O–H groups in total. The Morgan fingerprint density at radius 3 is 2.76 bits per heavy atom. The van der Waals surface area contributed by atoms with Crippen LogP contribution >= 0.6 is 0 Å². The number of fused-ring (bicyclic) bond motifs is 2. The number of carbonyl (C=O) groups excluding carboxylic acids is 1. The molecule has 0 aromatic carbocycles. The summed E-state index contributed by atoms with van der Waals surface area (Å²) in [5.74, 6) is 0.477. The molecule has 3 rings (SSSR count). The summed E-state index contributed by atoms with van der Waals surface area (Å²) in [6.45, 7) is 16.4. The van der Waals surface area contributed by atoms with E-state index in [9.17, 15) is 9.90 Å². The van der Waals surface area contributed by atoms with Crippen molar-refractivity contribution in [3.05, 3.63) is 72.3 Å². The Morgan fingerprint density at radius 2 is 2.15 bits per heavy atom. The van der Waals surface area contributed by atoms with Crippen molar-refractivity contribution >= 4 is 17.8 Å². The SMILES string of the molecule is C=C/C=C(C(=C)O)/C(N)=C/c1cc(C2CC3COCC(N3C(=O)C=C)C(C)(CC)C2)[nH]c1N. The van der Waals surface area contributed by atoms with Crippen molar-refractivity contribution in [3.63, 3.8) is 0 Å². The van der Waals surface area contributed by atoms with Gasteiger partial charge in [-0.2, -0.15) is 0 Å². The van der Waals surface area contributed by atoms with Crippen molar-refractivity contribution in [3.8, 4) is 0 Å². The number of aliphatic hydroxyl groups excluding tert-OH is 1. The molecule has 4 atom stereocenters. The van der Waals surface area contributed by atoms with Gasteiger partial charge in [0, 0.05) is 28.4 Å². The molecule has 1 aromatic heterocycles. The summed E-state index contributed by atoms with van der Waals surface area (Å²) in [7, 11) is 0. The number of H-pyrrole nitrogens is 1. The molecule has 2 saturated heterocycles. The van der Waals surface area contributed by atoms with Crippen LogP contribution < -0.4 is 11.5 Å². The number of nitrogens with zero attached hydrogens (tertiary/aromatic N) is 1. The fourth-order valence-electron chi connectivity index (χ4n) is 5.19. The number of hydrogen-bond acceptors (Lipinski definition) is 5. The highest BCUT2D eigenvalue weighted by atomic mass is 16.5. The molecular formula is C26H36N4O3. The molecule has 1 amide bonds. The smallest absolute Gasteiger partial charge is 0.246 e. The molecule has 7 nitrogen and oxygen atoms in total. The van der Waals surface area contributed by atoms with E-state index in [0.717, 1.165) is 30.5 Å².